The lowest BCUT2D eigenvalue weighted by Crippen LogP contribution is -2.49. The van der Waals surface area contributed by atoms with Gasteiger partial charge in [-0.15, -0.1) is 16.9 Å². The average Bonchev–Trinajstić information content (AvgIpc) is 3.11. The van der Waals surface area contributed by atoms with Crippen LogP contribution in [0.25, 0.3) is 22.2 Å². The number of likely N-dealkylation sites (tertiary alicyclic amines) is 1. The van der Waals surface area contributed by atoms with Crippen molar-refractivity contribution in [3.05, 3.63) is 35.9 Å². The lowest BCUT2D eigenvalue weighted by molar-refractivity contribution is 0.145. The van der Waals surface area contributed by atoms with Crippen LogP contribution in [0.4, 0.5) is 5.95 Å². The van der Waals surface area contributed by atoms with Crippen molar-refractivity contribution < 1.29 is 13.5 Å². The Morgan fingerprint density at radius 2 is 2.06 bits per heavy atom. The van der Waals surface area contributed by atoms with E-state index in [-0.39, 0.29) is 34.1 Å². The number of anilines is 1. The van der Waals surface area contributed by atoms with E-state index < -0.39 is 10.0 Å². The number of rotatable bonds is 8. The van der Waals surface area contributed by atoms with E-state index in [1.54, 1.807) is 30.3 Å². The molecule has 1 aliphatic heterocycles. The van der Waals surface area contributed by atoms with Gasteiger partial charge in [-0.05, 0) is 17.7 Å². The number of imidazole rings is 1. The second-order valence-electron chi connectivity index (χ2n) is 7.53. The van der Waals surface area contributed by atoms with Crippen LogP contribution < -0.4 is 28.0 Å². The first-order valence-corrected chi connectivity index (χ1v) is 12.4. The van der Waals surface area contributed by atoms with Crippen molar-refractivity contribution in [1.29, 1.82) is 0 Å². The van der Waals surface area contributed by atoms with Gasteiger partial charge in [0.25, 0.3) is 0 Å². The van der Waals surface area contributed by atoms with E-state index in [9.17, 15) is 8.42 Å². The van der Waals surface area contributed by atoms with Gasteiger partial charge in [-0.3, -0.25) is 4.90 Å². The summed E-state index contributed by atoms with van der Waals surface area (Å²) < 4.78 is 25.6. The number of nitrogens with zero attached hydrogens (tertiary/aromatic N) is 3. The molecule has 1 fully saturated rings. The minimum absolute atomic E-state index is 0.0704. The Labute approximate surface area is 194 Å². The fraction of sp³-hybridized carbons (Fsp3) is 0.263. The molecule has 0 bridgehead atoms. The lowest BCUT2D eigenvalue weighted by atomic mass is 9.97. The third-order valence-corrected chi connectivity index (χ3v) is 7.65. The predicted octanol–water partition coefficient (Wildman–Crippen LogP) is -0.688. The molecule has 14 heteroatoms. The van der Waals surface area contributed by atoms with Crippen LogP contribution in [0.3, 0.4) is 0 Å². The zero-order valence-corrected chi connectivity index (χ0v) is 19.2. The Balaban J connectivity index is 1.90. The molecule has 0 unspecified atom stereocenters. The van der Waals surface area contributed by atoms with Gasteiger partial charge in [-0.25, -0.2) is 29.9 Å². The largest absolute Gasteiger partial charge is 0.395 e. The third-order valence-electron chi connectivity index (χ3n) is 5.30. The number of nitrogens with one attached hydrogen (secondary N) is 2. The summed E-state index contributed by atoms with van der Waals surface area (Å²) in [6.07, 6.45) is 0. The number of H-pyrrole nitrogens is 1. The molecule has 11 N–H and O–H groups in total. The number of thioether (sulfide) groups is 1. The van der Waals surface area contributed by atoms with Gasteiger partial charge in [0.1, 0.15) is 4.90 Å². The average molecular weight is 492 g/mol. The summed E-state index contributed by atoms with van der Waals surface area (Å²) in [7, 11) is -4.22. The van der Waals surface area contributed by atoms with Crippen LogP contribution in [0.5, 0.6) is 0 Å². The molecule has 1 saturated heterocycles. The quantitative estimate of drug-likeness (QED) is 0.0911. The van der Waals surface area contributed by atoms with Crippen molar-refractivity contribution in [2.45, 2.75) is 15.0 Å². The molecule has 12 nitrogen and oxygen atoms in total. The van der Waals surface area contributed by atoms with Crippen LogP contribution in [0.2, 0.25) is 0 Å². The molecule has 0 amide bonds. The van der Waals surface area contributed by atoms with Crippen molar-refractivity contribution in [3.63, 3.8) is 0 Å². The number of β-amino-alcohol motifs (C(OH)–C–C–N with tert-alkyl or cyclic N) is 1. The van der Waals surface area contributed by atoms with Crippen molar-refractivity contribution in [3.8, 4) is 11.1 Å². The fourth-order valence-corrected chi connectivity index (χ4v) is 6.54. The first-order valence-electron chi connectivity index (χ1n) is 9.96. The van der Waals surface area contributed by atoms with Crippen molar-refractivity contribution in [2.24, 2.45) is 21.8 Å². The van der Waals surface area contributed by atoms with E-state index in [2.05, 4.69) is 25.5 Å². The molecule has 1 aliphatic rings. The molecule has 0 atom stereocenters. The van der Waals surface area contributed by atoms with E-state index in [0.717, 1.165) is 0 Å². The number of nitrogen functional groups attached to an aromatic ring is 1. The zero-order chi connectivity index (χ0) is 23.8. The van der Waals surface area contributed by atoms with E-state index in [1.165, 1.54) is 11.8 Å². The monoisotopic (exact) mass is 491 g/mol. The van der Waals surface area contributed by atoms with Crippen LogP contribution >= 0.6 is 11.8 Å². The molecule has 2 aromatic carbocycles. The van der Waals surface area contributed by atoms with Gasteiger partial charge in [0.15, 0.2) is 11.8 Å². The number of aromatic amines is 1. The second kappa shape index (κ2) is 9.17. The third kappa shape index (κ3) is 4.62. The highest BCUT2D eigenvalue weighted by atomic mass is 32.2. The van der Waals surface area contributed by atoms with Gasteiger partial charge in [-0.1, -0.05) is 18.2 Å². The lowest BCUT2D eigenvalue weighted by Gasteiger charge is -2.38. The smallest absolute Gasteiger partial charge is 0.239 e. The maximum atomic E-state index is 12.8. The molecule has 4 rings (SSSR count). The highest BCUT2D eigenvalue weighted by molar-refractivity contribution is 8.00. The summed E-state index contributed by atoms with van der Waals surface area (Å²) >= 11 is 1.39. The number of para-hydroxylation sites is 1. The predicted molar refractivity (Wildman–Crippen MR) is 129 cm³/mol. The topological polar surface area (TPSA) is 215 Å². The van der Waals surface area contributed by atoms with Crippen LogP contribution in [0, 0.1) is 0 Å². The van der Waals surface area contributed by atoms with Gasteiger partial charge in [-0.2, -0.15) is 0 Å². The van der Waals surface area contributed by atoms with Gasteiger partial charge in [0.05, 0.1) is 17.6 Å². The molecule has 33 heavy (non-hydrogen) atoms. The maximum Gasteiger partial charge on any atom is 0.239 e. The molecule has 0 saturated carbocycles. The number of aromatic nitrogens is 2. The minimum Gasteiger partial charge on any atom is -0.395 e. The molecule has 0 aliphatic carbocycles. The number of hydrogen-bond donors (Lipinski definition) is 7. The van der Waals surface area contributed by atoms with E-state index in [1.807, 2.05) is 0 Å². The number of amidine groups is 1. The molecular weight excluding hydrogens is 466 g/mol. The van der Waals surface area contributed by atoms with Crippen molar-refractivity contribution >= 4 is 44.6 Å². The molecular formula is C19H25N9O3S2. The van der Waals surface area contributed by atoms with Gasteiger partial charge < -0.3 is 21.6 Å². The second-order valence-corrected chi connectivity index (χ2v) is 10.4. The number of primary sulfonamides is 1. The highest BCUT2D eigenvalue weighted by Gasteiger charge is 2.32. The SMILES string of the molecule is NN/N=C(\N)c1c(-c2cccc3[nH]c(N)nc23)ccc(SC2CN(CCO)C2)c1S(N)(=O)=O. The fourth-order valence-electron chi connectivity index (χ4n) is 3.91. The van der Waals surface area contributed by atoms with Crippen molar-refractivity contribution in [2.75, 3.05) is 32.0 Å². The number of sulfonamides is 1. The number of hydrazine groups is 1. The number of nitrogens with two attached hydrogens (primary N) is 4. The summed E-state index contributed by atoms with van der Waals surface area (Å²) in [6.45, 7) is 2.07. The minimum atomic E-state index is -4.22. The Morgan fingerprint density at radius 3 is 2.73 bits per heavy atom. The number of hydrazone groups is 1. The molecule has 3 aromatic rings. The van der Waals surface area contributed by atoms with Crippen molar-refractivity contribution in [1.82, 2.24) is 20.4 Å². The summed E-state index contributed by atoms with van der Waals surface area (Å²) in [4.78, 5) is 9.68. The summed E-state index contributed by atoms with van der Waals surface area (Å²) in [5, 5.41) is 18.7. The van der Waals surface area contributed by atoms with Crippen LogP contribution in [-0.4, -0.2) is 65.7 Å². The summed E-state index contributed by atoms with van der Waals surface area (Å²) in [6, 6.07) is 8.84. The number of hydrogen-bond acceptors (Lipinski definition) is 10. The highest BCUT2D eigenvalue weighted by Crippen LogP contribution is 2.40. The van der Waals surface area contributed by atoms with Gasteiger partial charge in [0.2, 0.25) is 10.0 Å². The first-order chi connectivity index (χ1) is 15.7. The molecule has 2 heterocycles. The first kappa shape index (κ1) is 23.3. The molecule has 176 valence electrons. The standard InChI is InChI=1S/C19H25N9O3S2/c20-18(26-27-22)15-11(12-2-1-3-13-16(12)25-19(21)24-13)4-5-14(17(15)33(23,30)31)32-10-8-28(9-10)6-7-29/h1-5,10,27,29H,6-9,22H2,(H2,20,26)(H3,21,24,25)(H2,23,30,31). The molecule has 0 spiro atoms. The van der Waals surface area contributed by atoms with Crippen LogP contribution in [0.1, 0.15) is 5.56 Å². The maximum absolute atomic E-state index is 12.8. The zero-order valence-electron chi connectivity index (χ0n) is 17.5. The van der Waals surface area contributed by atoms with Gasteiger partial charge in [0, 0.05) is 40.9 Å². The Bertz CT molecular complexity index is 1320. The normalized spacial score (nSPS) is 15.7. The Hall–Kier alpha value is -2.88. The van der Waals surface area contributed by atoms with Crippen LogP contribution in [-0.2, 0) is 10.0 Å². The van der Waals surface area contributed by atoms with E-state index in [4.69, 9.17) is 27.6 Å². The van der Waals surface area contributed by atoms with E-state index >= 15 is 0 Å². The molecule has 1 aromatic heterocycles. The number of benzene rings is 2. The Morgan fingerprint density at radius 1 is 1.30 bits per heavy atom. The van der Waals surface area contributed by atoms with Crippen LogP contribution in [0.15, 0.2) is 45.2 Å². The number of aliphatic hydroxyl groups excluding tert-OH is 1. The number of aliphatic hydroxyl groups is 1. The number of fused-ring (bicyclic) bond motifs is 1. The molecule has 0 radical (unpaired) electrons. The van der Waals surface area contributed by atoms with E-state index in [0.29, 0.717) is 46.7 Å². The van der Waals surface area contributed by atoms with Gasteiger partial charge >= 0.3 is 0 Å². The Kier molecular flexibility index (Phi) is 6.47. The summed E-state index contributed by atoms with van der Waals surface area (Å²) in [5.74, 6) is 5.42. The summed E-state index contributed by atoms with van der Waals surface area (Å²) in [5.41, 5.74) is 16.6.